The van der Waals surface area contributed by atoms with Gasteiger partial charge in [0.25, 0.3) is 0 Å². The number of hydrogen-bond acceptors (Lipinski definition) is 1. The van der Waals surface area contributed by atoms with Crippen molar-refractivity contribution in [3.63, 3.8) is 0 Å². The lowest BCUT2D eigenvalue weighted by atomic mass is 9.98. The minimum atomic E-state index is -4.57. The molecule has 0 aromatic heterocycles. The second-order valence-electron chi connectivity index (χ2n) is 4.15. The van der Waals surface area contributed by atoms with Gasteiger partial charge in [0.15, 0.2) is 0 Å². The van der Waals surface area contributed by atoms with Gasteiger partial charge in [0, 0.05) is 10.6 Å². The quantitative estimate of drug-likeness (QED) is 0.610. The largest absolute Gasteiger partial charge is 0.497 e. The van der Waals surface area contributed by atoms with Crippen LogP contribution in [0, 0.1) is 0 Å². The average molecular weight is 356 g/mol. The van der Waals surface area contributed by atoms with Crippen molar-refractivity contribution < 1.29 is 17.9 Å². The van der Waals surface area contributed by atoms with Crippen LogP contribution < -0.4 is 4.74 Å². The number of halogens is 6. The number of rotatable bonds is 2. The first-order valence-corrected chi connectivity index (χ1v) is 6.77. The summed E-state index contributed by atoms with van der Waals surface area (Å²) in [6.45, 7) is 0. The number of ether oxygens (including phenoxy) is 1. The highest BCUT2D eigenvalue weighted by Gasteiger charge is 2.35. The summed E-state index contributed by atoms with van der Waals surface area (Å²) in [7, 11) is 1.29. The summed E-state index contributed by atoms with van der Waals surface area (Å²) in [5.74, 6) is 0.0901. The van der Waals surface area contributed by atoms with Crippen molar-refractivity contribution in [2.75, 3.05) is 7.11 Å². The normalized spacial score (nSPS) is 11.6. The van der Waals surface area contributed by atoms with Gasteiger partial charge >= 0.3 is 6.18 Å². The molecule has 0 aliphatic rings. The van der Waals surface area contributed by atoms with Crippen molar-refractivity contribution in [1.29, 1.82) is 0 Å². The van der Waals surface area contributed by atoms with Crippen molar-refractivity contribution in [2.24, 2.45) is 0 Å². The summed E-state index contributed by atoms with van der Waals surface area (Å²) in [5.41, 5.74) is -0.930. The van der Waals surface area contributed by atoms with Gasteiger partial charge in [-0.05, 0) is 35.9 Å². The van der Waals surface area contributed by atoms with Crippen molar-refractivity contribution in [3.05, 3.63) is 51.0 Å². The highest BCUT2D eigenvalue weighted by molar-refractivity contribution is 6.41. The molecule has 0 saturated carbocycles. The van der Waals surface area contributed by atoms with Crippen LogP contribution in [0.25, 0.3) is 11.1 Å². The molecule has 1 nitrogen and oxygen atoms in total. The van der Waals surface area contributed by atoms with E-state index < -0.39 is 11.7 Å². The van der Waals surface area contributed by atoms with Gasteiger partial charge in [-0.15, -0.1) is 0 Å². The van der Waals surface area contributed by atoms with Crippen LogP contribution in [0.2, 0.25) is 15.1 Å². The highest BCUT2D eigenvalue weighted by atomic mass is 35.5. The SMILES string of the molecule is COc1ccc(-c2c(Cl)cc(Cl)cc2Cl)c(C(F)(F)F)c1. The standard InChI is InChI=1S/C14H8Cl3F3O/c1-21-8-2-3-9(10(6-8)14(18,19)20)13-11(16)4-7(15)5-12(13)17/h2-6H,1H3. The number of alkyl halides is 3. The summed E-state index contributed by atoms with van der Waals surface area (Å²) < 4.78 is 44.5. The number of hydrogen-bond donors (Lipinski definition) is 0. The monoisotopic (exact) mass is 354 g/mol. The molecule has 0 amide bonds. The summed E-state index contributed by atoms with van der Waals surface area (Å²) in [6, 6.07) is 6.26. The summed E-state index contributed by atoms with van der Waals surface area (Å²) >= 11 is 17.8. The Balaban J connectivity index is 2.75. The Labute approximate surface area is 134 Å². The predicted molar refractivity (Wildman–Crippen MR) is 78.5 cm³/mol. The third kappa shape index (κ3) is 3.39. The van der Waals surface area contributed by atoms with Gasteiger partial charge in [-0.1, -0.05) is 34.8 Å². The van der Waals surface area contributed by atoms with Crippen LogP contribution >= 0.6 is 34.8 Å². The molecule has 0 atom stereocenters. The van der Waals surface area contributed by atoms with Crippen LogP contribution in [0.4, 0.5) is 13.2 Å². The fourth-order valence-corrected chi connectivity index (χ4v) is 2.92. The summed E-state index contributed by atoms with van der Waals surface area (Å²) in [6.07, 6.45) is -4.57. The molecule has 0 aliphatic heterocycles. The minimum Gasteiger partial charge on any atom is -0.497 e. The Morgan fingerprint density at radius 2 is 1.52 bits per heavy atom. The molecule has 0 radical (unpaired) electrons. The van der Waals surface area contributed by atoms with Gasteiger partial charge in [0.05, 0.1) is 22.7 Å². The molecule has 0 aliphatic carbocycles. The lowest BCUT2D eigenvalue weighted by molar-refractivity contribution is -0.137. The van der Waals surface area contributed by atoms with Crippen LogP contribution in [0.15, 0.2) is 30.3 Å². The van der Waals surface area contributed by atoms with Gasteiger partial charge in [0.1, 0.15) is 5.75 Å². The molecule has 2 aromatic rings. The second-order valence-corrected chi connectivity index (χ2v) is 5.40. The molecule has 0 N–H and O–H groups in total. The van der Waals surface area contributed by atoms with Crippen molar-refractivity contribution in [1.82, 2.24) is 0 Å². The molecule has 0 fully saturated rings. The van der Waals surface area contributed by atoms with Gasteiger partial charge in [-0.2, -0.15) is 13.2 Å². The molecule has 112 valence electrons. The topological polar surface area (TPSA) is 9.23 Å². The molecule has 2 aromatic carbocycles. The van der Waals surface area contributed by atoms with Gasteiger partial charge < -0.3 is 4.74 Å². The van der Waals surface area contributed by atoms with E-state index >= 15 is 0 Å². The van der Waals surface area contributed by atoms with E-state index in [1.807, 2.05) is 0 Å². The maximum absolute atomic E-state index is 13.2. The predicted octanol–water partition coefficient (Wildman–Crippen LogP) is 6.34. The lowest BCUT2D eigenvalue weighted by Crippen LogP contribution is -2.08. The fraction of sp³-hybridized carbons (Fsp3) is 0.143. The third-order valence-electron chi connectivity index (χ3n) is 2.81. The molecular weight excluding hydrogens is 348 g/mol. The van der Waals surface area contributed by atoms with E-state index in [0.717, 1.165) is 6.07 Å². The third-order valence-corrected chi connectivity index (χ3v) is 3.62. The lowest BCUT2D eigenvalue weighted by Gasteiger charge is -2.16. The highest BCUT2D eigenvalue weighted by Crippen LogP contribution is 2.44. The van der Waals surface area contributed by atoms with Gasteiger partial charge in [0.2, 0.25) is 0 Å². The Hall–Kier alpha value is -1.10. The Morgan fingerprint density at radius 3 is 2.00 bits per heavy atom. The molecule has 0 bridgehead atoms. The van der Waals surface area contributed by atoms with Crippen LogP contribution in [0.3, 0.4) is 0 Å². The number of methoxy groups -OCH3 is 1. The van der Waals surface area contributed by atoms with E-state index in [9.17, 15) is 13.2 Å². The number of benzene rings is 2. The smallest absolute Gasteiger partial charge is 0.417 e. The molecule has 0 unspecified atom stereocenters. The van der Waals surface area contributed by atoms with Gasteiger partial charge in [-0.25, -0.2) is 0 Å². The van der Waals surface area contributed by atoms with E-state index in [1.165, 1.54) is 31.4 Å². The Kier molecular flexibility index (Phi) is 4.61. The van der Waals surface area contributed by atoms with E-state index in [-0.39, 0.29) is 31.9 Å². The average Bonchev–Trinajstić information content (AvgIpc) is 2.36. The Bertz CT molecular complexity index is 661. The molecule has 0 saturated heterocycles. The van der Waals surface area contributed by atoms with Crippen molar-refractivity contribution >= 4 is 34.8 Å². The summed E-state index contributed by atoms with van der Waals surface area (Å²) in [4.78, 5) is 0. The maximum atomic E-state index is 13.2. The molecule has 2 rings (SSSR count). The molecule has 21 heavy (non-hydrogen) atoms. The first kappa shape index (κ1) is 16.3. The van der Waals surface area contributed by atoms with E-state index in [1.54, 1.807) is 0 Å². The zero-order chi connectivity index (χ0) is 15.8. The molecular formula is C14H8Cl3F3O. The fourth-order valence-electron chi connectivity index (χ4n) is 1.90. The van der Waals surface area contributed by atoms with Crippen molar-refractivity contribution in [3.8, 4) is 16.9 Å². The molecule has 0 heterocycles. The van der Waals surface area contributed by atoms with Gasteiger partial charge in [-0.3, -0.25) is 0 Å². The zero-order valence-electron chi connectivity index (χ0n) is 10.6. The van der Waals surface area contributed by atoms with E-state index in [2.05, 4.69) is 0 Å². The molecule has 0 spiro atoms. The first-order valence-electron chi connectivity index (χ1n) is 5.64. The van der Waals surface area contributed by atoms with Crippen molar-refractivity contribution in [2.45, 2.75) is 6.18 Å². The summed E-state index contributed by atoms with van der Waals surface area (Å²) in [5, 5.41) is 0.335. The zero-order valence-corrected chi connectivity index (χ0v) is 12.8. The second kappa shape index (κ2) is 5.95. The Morgan fingerprint density at radius 1 is 0.952 bits per heavy atom. The van der Waals surface area contributed by atoms with Crippen LogP contribution in [-0.4, -0.2) is 7.11 Å². The van der Waals surface area contributed by atoms with Crippen LogP contribution in [0.1, 0.15) is 5.56 Å². The molecule has 7 heteroatoms. The van der Waals surface area contributed by atoms with Crippen LogP contribution in [0.5, 0.6) is 5.75 Å². The maximum Gasteiger partial charge on any atom is 0.417 e. The van der Waals surface area contributed by atoms with E-state index in [0.29, 0.717) is 0 Å². The van der Waals surface area contributed by atoms with E-state index in [4.69, 9.17) is 39.5 Å². The first-order chi connectivity index (χ1) is 9.74. The van der Waals surface area contributed by atoms with Crippen LogP contribution in [-0.2, 0) is 6.18 Å². The minimum absolute atomic E-state index is 0.0446.